The van der Waals surface area contributed by atoms with Gasteiger partial charge in [0, 0.05) is 5.39 Å². The van der Waals surface area contributed by atoms with Gasteiger partial charge >= 0.3 is 0 Å². The van der Waals surface area contributed by atoms with Crippen molar-refractivity contribution in [2.24, 2.45) is 0 Å². The number of rotatable bonds is 4. The second-order valence-electron chi connectivity index (χ2n) is 6.26. The van der Waals surface area contributed by atoms with Gasteiger partial charge in [0.2, 0.25) is 0 Å². The summed E-state index contributed by atoms with van der Waals surface area (Å²) >= 11 is 0. The van der Waals surface area contributed by atoms with Crippen LogP contribution in [0.25, 0.3) is 10.8 Å². The number of carbonyl (C=O) groups excluding carboxylic acids is 2. The number of imide groups is 1. The fraction of sp³-hybridized carbons (Fsp3) is 0.429. The van der Waals surface area contributed by atoms with Gasteiger partial charge in [0.05, 0.1) is 15.9 Å². The molecule has 2 amide bonds. The maximum absolute atomic E-state index is 12.6. The summed E-state index contributed by atoms with van der Waals surface area (Å²) in [5.41, 5.74) is 0.486. The maximum Gasteiger partial charge on any atom is 0.293 e. The molecule has 0 atom stereocenters. The van der Waals surface area contributed by atoms with Crippen molar-refractivity contribution in [2.75, 3.05) is 0 Å². The zero-order valence-corrected chi connectivity index (χ0v) is 18.4. The third-order valence-corrected chi connectivity index (χ3v) is 6.42. The van der Waals surface area contributed by atoms with Crippen LogP contribution in [0.4, 0.5) is 0 Å². The zero-order chi connectivity index (χ0) is 21.7. The molecule has 0 fully saturated rings. The van der Waals surface area contributed by atoms with E-state index in [9.17, 15) is 18.0 Å². The van der Waals surface area contributed by atoms with Gasteiger partial charge in [-0.2, -0.15) is 8.42 Å². The first-order chi connectivity index (χ1) is 13.2. The lowest BCUT2D eigenvalue weighted by atomic mass is 9.95. The number of nitrogens with zero attached hydrogens (tertiary/aromatic N) is 1. The van der Waals surface area contributed by atoms with Crippen LogP contribution >= 0.6 is 0 Å². The molecule has 0 bridgehead atoms. The largest absolute Gasteiger partial charge is 0.293 e. The molecule has 0 N–H and O–H groups in total. The Kier molecular flexibility index (Phi) is 7.90. The fourth-order valence-corrected chi connectivity index (χ4v) is 3.34. The monoisotopic (exact) mass is 407 g/mol. The molecule has 0 saturated heterocycles. The van der Waals surface area contributed by atoms with Gasteiger partial charge in [0.25, 0.3) is 21.9 Å². The van der Waals surface area contributed by atoms with Gasteiger partial charge in [-0.15, -0.1) is 9.35 Å². The van der Waals surface area contributed by atoms with Crippen molar-refractivity contribution in [3.63, 3.8) is 0 Å². The Balaban J connectivity index is 0.000000921. The summed E-state index contributed by atoms with van der Waals surface area (Å²) in [6, 6.07) is 10.0. The molecule has 1 aliphatic rings. The van der Waals surface area contributed by atoms with Gasteiger partial charge in [-0.3, -0.25) is 9.59 Å². The Morgan fingerprint density at radius 1 is 0.893 bits per heavy atom. The third-order valence-electron chi connectivity index (χ3n) is 4.44. The molecule has 0 radical (unpaired) electrons. The van der Waals surface area contributed by atoms with E-state index in [2.05, 4.69) is 0 Å². The van der Waals surface area contributed by atoms with Crippen LogP contribution in [-0.2, 0) is 14.4 Å². The van der Waals surface area contributed by atoms with Crippen LogP contribution in [0.5, 0.6) is 0 Å². The van der Waals surface area contributed by atoms with Crippen LogP contribution in [0.15, 0.2) is 36.4 Å². The summed E-state index contributed by atoms with van der Waals surface area (Å²) in [5, 5.41) is 1.61. The molecule has 1 heterocycles. The van der Waals surface area contributed by atoms with Crippen molar-refractivity contribution in [1.29, 1.82) is 0 Å². The quantitative estimate of drug-likeness (QED) is 0.671. The Labute approximate surface area is 167 Å². The van der Waals surface area contributed by atoms with E-state index in [-0.39, 0.29) is 17.5 Å². The molecule has 28 heavy (non-hydrogen) atoms. The van der Waals surface area contributed by atoms with E-state index in [1.54, 1.807) is 43.3 Å². The Bertz CT molecular complexity index is 913. The molecule has 0 aliphatic carbocycles. The fourth-order valence-electron chi connectivity index (χ4n) is 2.45. The van der Waals surface area contributed by atoms with Crippen molar-refractivity contribution in [3.05, 3.63) is 47.5 Å². The first-order valence-electron chi connectivity index (χ1n) is 9.54. The average Bonchev–Trinajstić information content (AvgIpc) is 2.72. The lowest BCUT2D eigenvalue weighted by molar-refractivity contribution is -0.0171. The molecule has 0 saturated carbocycles. The zero-order valence-electron chi connectivity index (χ0n) is 17.6. The number of hydrogen-bond acceptors (Lipinski definition) is 5. The van der Waals surface area contributed by atoms with Crippen molar-refractivity contribution < 1.29 is 22.3 Å². The lowest BCUT2D eigenvalue weighted by Gasteiger charge is -2.29. The minimum Gasteiger partial charge on any atom is -0.266 e. The molecule has 1 aliphatic heterocycles. The van der Waals surface area contributed by atoms with Crippen LogP contribution in [0, 0.1) is 0 Å². The number of hydrogen-bond donors (Lipinski definition) is 0. The number of hydroxylamine groups is 2. The lowest BCUT2D eigenvalue weighted by Crippen LogP contribution is -2.45. The van der Waals surface area contributed by atoms with Crippen molar-refractivity contribution in [2.45, 2.75) is 59.6 Å². The van der Waals surface area contributed by atoms with Gasteiger partial charge in [-0.25, -0.2) is 0 Å². The van der Waals surface area contributed by atoms with Crippen molar-refractivity contribution in [3.8, 4) is 0 Å². The second-order valence-corrected chi connectivity index (χ2v) is 8.42. The molecular weight excluding hydrogens is 378 g/mol. The van der Waals surface area contributed by atoms with Crippen LogP contribution < -0.4 is 0 Å². The van der Waals surface area contributed by atoms with Gasteiger partial charge in [-0.1, -0.05) is 58.9 Å². The Morgan fingerprint density at radius 3 is 1.71 bits per heavy atom. The molecule has 2 aromatic rings. The molecule has 2 aromatic carbocycles. The Hall–Kier alpha value is -2.25. The predicted molar refractivity (Wildman–Crippen MR) is 112 cm³/mol. The average molecular weight is 408 g/mol. The van der Waals surface area contributed by atoms with Crippen molar-refractivity contribution in [1.82, 2.24) is 5.06 Å². The van der Waals surface area contributed by atoms with E-state index < -0.39 is 26.7 Å². The highest BCUT2D eigenvalue weighted by Crippen LogP contribution is 2.32. The summed E-state index contributed by atoms with van der Waals surface area (Å²) < 4.78 is 28.6. The second kappa shape index (κ2) is 9.30. The summed E-state index contributed by atoms with van der Waals surface area (Å²) in [6.45, 7) is 12.7. The first kappa shape index (κ1) is 23.8. The molecule has 0 aromatic heterocycles. The molecule has 6 nitrogen and oxygen atoms in total. The number of benzene rings is 2. The van der Waals surface area contributed by atoms with E-state index in [1.165, 1.54) is 13.8 Å². The predicted octanol–water partition coefficient (Wildman–Crippen LogP) is 4.94. The van der Waals surface area contributed by atoms with Gasteiger partial charge < -0.3 is 0 Å². The SMILES string of the molecule is CC.CC.CCC(C)(C)S(=O)(=O)ON1C(=O)c2cccc3cccc(c23)C1=O. The van der Waals surface area contributed by atoms with Crippen LogP contribution in [-0.4, -0.2) is 30.0 Å². The van der Waals surface area contributed by atoms with E-state index in [0.717, 1.165) is 5.39 Å². The highest BCUT2D eigenvalue weighted by molar-refractivity contribution is 7.88. The highest BCUT2D eigenvalue weighted by atomic mass is 32.2. The van der Waals surface area contributed by atoms with E-state index in [0.29, 0.717) is 10.4 Å². The first-order valence-corrected chi connectivity index (χ1v) is 10.9. The maximum atomic E-state index is 12.6. The van der Waals surface area contributed by atoms with E-state index >= 15 is 0 Å². The van der Waals surface area contributed by atoms with Gasteiger partial charge in [0.1, 0.15) is 0 Å². The third kappa shape index (κ3) is 4.10. The highest BCUT2D eigenvalue weighted by Gasteiger charge is 2.42. The molecule has 0 spiro atoms. The summed E-state index contributed by atoms with van der Waals surface area (Å²) in [7, 11) is -4.16. The molecule has 3 rings (SSSR count). The van der Waals surface area contributed by atoms with Gasteiger partial charge in [-0.05, 0) is 37.8 Å². The standard InChI is InChI=1S/C17H17NO5S.2C2H6/c1-4-17(2,3)24(21,22)23-18-15(19)12-9-5-7-11-8-6-10-13(14(11)12)16(18)20;2*1-2/h5-10H,4H2,1-3H3;2*1-2H3. The summed E-state index contributed by atoms with van der Waals surface area (Å²) in [5.74, 6) is -1.56. The summed E-state index contributed by atoms with van der Waals surface area (Å²) in [4.78, 5) is 25.2. The van der Waals surface area contributed by atoms with Crippen LogP contribution in [0.3, 0.4) is 0 Å². The number of amides is 2. The van der Waals surface area contributed by atoms with Crippen molar-refractivity contribution >= 4 is 32.7 Å². The normalized spacial score (nSPS) is 13.5. The molecule has 7 heteroatoms. The summed E-state index contributed by atoms with van der Waals surface area (Å²) in [6.07, 6.45) is 0.276. The molecule has 0 unspecified atom stereocenters. The topological polar surface area (TPSA) is 80.8 Å². The minimum atomic E-state index is -4.16. The Morgan fingerprint density at radius 2 is 1.32 bits per heavy atom. The number of carbonyl (C=O) groups is 2. The van der Waals surface area contributed by atoms with Crippen LogP contribution in [0.1, 0.15) is 75.6 Å². The molecule has 154 valence electrons. The molecular formula is C21H29NO5S. The van der Waals surface area contributed by atoms with Gasteiger partial charge in [0.15, 0.2) is 0 Å². The van der Waals surface area contributed by atoms with Crippen LogP contribution in [0.2, 0.25) is 0 Å². The van der Waals surface area contributed by atoms with E-state index in [4.69, 9.17) is 4.28 Å². The van der Waals surface area contributed by atoms with E-state index in [1.807, 2.05) is 27.7 Å². The minimum absolute atomic E-state index is 0.243. The smallest absolute Gasteiger partial charge is 0.266 e.